The van der Waals surface area contributed by atoms with Crippen molar-refractivity contribution in [1.29, 1.82) is 0 Å². The van der Waals surface area contributed by atoms with E-state index in [1.807, 2.05) is 44.2 Å². The Morgan fingerprint density at radius 1 is 1.28 bits per heavy atom. The second-order valence-electron chi connectivity index (χ2n) is 6.66. The lowest BCUT2D eigenvalue weighted by molar-refractivity contribution is -0.131. The Labute approximate surface area is 154 Å². The SMILES string of the molecule is CC(C)N(C[C@@H]1CCCCN1C(=O)OCc1ccccc1)C(=O)CCl. The van der Waals surface area contributed by atoms with Crippen LogP contribution in [0.5, 0.6) is 0 Å². The van der Waals surface area contributed by atoms with Crippen LogP contribution in [-0.4, -0.2) is 52.9 Å². The number of piperidine rings is 1. The molecule has 0 saturated carbocycles. The smallest absolute Gasteiger partial charge is 0.410 e. The van der Waals surface area contributed by atoms with Gasteiger partial charge in [-0.25, -0.2) is 4.79 Å². The summed E-state index contributed by atoms with van der Waals surface area (Å²) in [6.07, 6.45) is 2.57. The van der Waals surface area contributed by atoms with Gasteiger partial charge in [0.2, 0.25) is 5.91 Å². The van der Waals surface area contributed by atoms with Crippen molar-refractivity contribution in [2.24, 2.45) is 0 Å². The number of benzene rings is 1. The van der Waals surface area contributed by atoms with Gasteiger partial charge in [0, 0.05) is 19.1 Å². The quantitative estimate of drug-likeness (QED) is 0.722. The third-order valence-electron chi connectivity index (χ3n) is 4.53. The van der Waals surface area contributed by atoms with Crippen molar-refractivity contribution < 1.29 is 14.3 Å². The van der Waals surface area contributed by atoms with Gasteiger partial charge in [0.1, 0.15) is 12.5 Å². The molecule has 0 spiro atoms. The molecular formula is C19H27ClN2O3. The summed E-state index contributed by atoms with van der Waals surface area (Å²) < 4.78 is 5.48. The number of carbonyl (C=O) groups excluding carboxylic acids is 2. The number of ether oxygens (including phenoxy) is 1. The van der Waals surface area contributed by atoms with Gasteiger partial charge in [0.05, 0.1) is 6.04 Å². The molecule has 1 fully saturated rings. The average molecular weight is 367 g/mol. The van der Waals surface area contributed by atoms with Crippen molar-refractivity contribution in [2.45, 2.75) is 51.8 Å². The average Bonchev–Trinajstić information content (AvgIpc) is 2.64. The Bertz CT molecular complexity index is 565. The van der Waals surface area contributed by atoms with Gasteiger partial charge in [-0.1, -0.05) is 30.3 Å². The third-order valence-corrected chi connectivity index (χ3v) is 4.76. The first kappa shape index (κ1) is 19.6. The lowest BCUT2D eigenvalue weighted by Gasteiger charge is -2.39. The standard InChI is InChI=1S/C19H27ClN2O3/c1-15(2)22(18(23)12-20)13-17-10-6-7-11-21(17)19(24)25-14-16-8-4-3-5-9-16/h3-5,8-9,15,17H,6-7,10-14H2,1-2H3/t17-/m0/s1. The van der Waals surface area contributed by atoms with E-state index in [4.69, 9.17) is 16.3 Å². The van der Waals surface area contributed by atoms with Gasteiger partial charge in [0.25, 0.3) is 0 Å². The largest absolute Gasteiger partial charge is 0.445 e. The molecule has 6 heteroatoms. The molecule has 1 atom stereocenters. The molecule has 2 rings (SSSR count). The Kier molecular flexibility index (Phi) is 7.56. The summed E-state index contributed by atoms with van der Waals surface area (Å²) in [5, 5.41) is 0. The van der Waals surface area contributed by atoms with E-state index in [0.717, 1.165) is 24.8 Å². The molecular weight excluding hydrogens is 340 g/mol. The van der Waals surface area contributed by atoms with E-state index in [1.165, 1.54) is 0 Å². The molecule has 138 valence electrons. The van der Waals surface area contributed by atoms with Crippen molar-refractivity contribution in [3.63, 3.8) is 0 Å². The molecule has 1 aromatic carbocycles. The van der Waals surface area contributed by atoms with E-state index in [1.54, 1.807) is 9.80 Å². The van der Waals surface area contributed by atoms with Gasteiger partial charge in [0.15, 0.2) is 0 Å². The number of hydrogen-bond donors (Lipinski definition) is 0. The van der Waals surface area contributed by atoms with E-state index in [0.29, 0.717) is 13.1 Å². The first-order valence-corrected chi connectivity index (χ1v) is 9.39. The molecule has 0 aromatic heterocycles. The highest BCUT2D eigenvalue weighted by molar-refractivity contribution is 6.27. The highest BCUT2D eigenvalue weighted by Gasteiger charge is 2.31. The van der Waals surface area contributed by atoms with Crippen molar-refractivity contribution >= 4 is 23.6 Å². The monoisotopic (exact) mass is 366 g/mol. The van der Waals surface area contributed by atoms with Gasteiger partial charge >= 0.3 is 6.09 Å². The fourth-order valence-corrected chi connectivity index (χ4v) is 3.29. The minimum Gasteiger partial charge on any atom is -0.445 e. The van der Waals surface area contributed by atoms with Crippen molar-refractivity contribution in [3.05, 3.63) is 35.9 Å². The maximum atomic E-state index is 12.5. The molecule has 0 aliphatic carbocycles. The third kappa shape index (κ3) is 5.63. The van der Waals surface area contributed by atoms with Crippen LogP contribution in [-0.2, 0) is 16.1 Å². The van der Waals surface area contributed by atoms with E-state index < -0.39 is 0 Å². The van der Waals surface area contributed by atoms with E-state index in [-0.39, 0.29) is 36.6 Å². The predicted molar refractivity (Wildman–Crippen MR) is 98.5 cm³/mol. The van der Waals surface area contributed by atoms with E-state index in [2.05, 4.69) is 0 Å². The van der Waals surface area contributed by atoms with Crippen molar-refractivity contribution in [3.8, 4) is 0 Å². The van der Waals surface area contributed by atoms with E-state index >= 15 is 0 Å². The van der Waals surface area contributed by atoms with E-state index in [9.17, 15) is 9.59 Å². The Hall–Kier alpha value is -1.75. The van der Waals surface area contributed by atoms with Crippen LogP contribution in [0.25, 0.3) is 0 Å². The van der Waals surface area contributed by atoms with Crippen LogP contribution in [0.3, 0.4) is 0 Å². The van der Waals surface area contributed by atoms with Crippen molar-refractivity contribution in [2.75, 3.05) is 19.0 Å². The van der Waals surface area contributed by atoms with Gasteiger partial charge in [-0.2, -0.15) is 0 Å². The zero-order valence-electron chi connectivity index (χ0n) is 15.0. The maximum absolute atomic E-state index is 12.5. The summed E-state index contributed by atoms with van der Waals surface area (Å²) in [5.74, 6) is -0.136. The summed E-state index contributed by atoms with van der Waals surface area (Å²) in [7, 11) is 0. The van der Waals surface area contributed by atoms with Gasteiger partial charge in [-0.05, 0) is 38.7 Å². The van der Waals surface area contributed by atoms with Gasteiger partial charge < -0.3 is 14.5 Å². The summed E-state index contributed by atoms with van der Waals surface area (Å²) in [5.41, 5.74) is 0.963. The zero-order chi connectivity index (χ0) is 18.2. The fraction of sp³-hybridized carbons (Fsp3) is 0.579. The molecule has 1 aliphatic heterocycles. The number of nitrogens with zero attached hydrogens (tertiary/aromatic N) is 2. The summed E-state index contributed by atoms with van der Waals surface area (Å²) in [6.45, 7) is 5.36. The number of amides is 2. The fourth-order valence-electron chi connectivity index (χ4n) is 3.14. The number of rotatable bonds is 6. The molecule has 0 N–H and O–H groups in total. The minimum atomic E-state index is -0.310. The Morgan fingerprint density at radius 3 is 2.64 bits per heavy atom. The normalized spacial score (nSPS) is 17.4. The highest BCUT2D eigenvalue weighted by Crippen LogP contribution is 2.20. The molecule has 0 bridgehead atoms. The van der Waals surface area contributed by atoms with Crippen LogP contribution in [0.15, 0.2) is 30.3 Å². The molecule has 0 radical (unpaired) electrons. The van der Waals surface area contributed by atoms with Gasteiger partial charge in [-0.15, -0.1) is 11.6 Å². The molecule has 5 nitrogen and oxygen atoms in total. The van der Waals surface area contributed by atoms with Crippen LogP contribution in [0, 0.1) is 0 Å². The lowest BCUT2D eigenvalue weighted by Crippen LogP contribution is -2.52. The van der Waals surface area contributed by atoms with Gasteiger partial charge in [-0.3, -0.25) is 4.79 Å². The molecule has 0 unspecified atom stereocenters. The van der Waals surface area contributed by atoms with Crippen LogP contribution in [0.2, 0.25) is 0 Å². The molecule has 2 amide bonds. The second kappa shape index (κ2) is 9.66. The van der Waals surface area contributed by atoms with Crippen LogP contribution < -0.4 is 0 Å². The Morgan fingerprint density at radius 2 is 2.00 bits per heavy atom. The highest BCUT2D eigenvalue weighted by atomic mass is 35.5. The molecule has 1 aliphatic rings. The molecule has 25 heavy (non-hydrogen) atoms. The predicted octanol–water partition coefficient (Wildman–Crippen LogP) is 3.65. The summed E-state index contributed by atoms with van der Waals surface area (Å²) in [4.78, 5) is 28.1. The minimum absolute atomic E-state index is 0.0217. The maximum Gasteiger partial charge on any atom is 0.410 e. The molecule has 1 saturated heterocycles. The number of carbonyl (C=O) groups is 2. The van der Waals surface area contributed by atoms with Crippen LogP contribution >= 0.6 is 11.6 Å². The number of alkyl halides is 1. The summed E-state index contributed by atoms with van der Waals surface area (Å²) >= 11 is 5.73. The van der Waals surface area contributed by atoms with Crippen LogP contribution in [0.1, 0.15) is 38.7 Å². The summed E-state index contributed by atoms with van der Waals surface area (Å²) in [6, 6.07) is 9.67. The van der Waals surface area contributed by atoms with Crippen LogP contribution in [0.4, 0.5) is 4.79 Å². The topological polar surface area (TPSA) is 49.9 Å². The second-order valence-corrected chi connectivity index (χ2v) is 6.92. The molecule has 1 aromatic rings. The first-order chi connectivity index (χ1) is 12.0. The number of halogens is 1. The number of likely N-dealkylation sites (tertiary alicyclic amines) is 1. The Balaban J connectivity index is 1.98. The first-order valence-electron chi connectivity index (χ1n) is 8.85. The lowest BCUT2D eigenvalue weighted by atomic mass is 10.0. The number of hydrogen-bond acceptors (Lipinski definition) is 3. The molecule has 1 heterocycles. The zero-order valence-corrected chi connectivity index (χ0v) is 15.7. The van der Waals surface area contributed by atoms with Crippen molar-refractivity contribution in [1.82, 2.24) is 9.80 Å².